The maximum atomic E-state index is 11.9. The number of rotatable bonds is 7. The van der Waals surface area contributed by atoms with Crippen LogP contribution in [-0.4, -0.2) is 24.8 Å². The van der Waals surface area contributed by atoms with Crippen LogP contribution in [0.25, 0.3) is 0 Å². The van der Waals surface area contributed by atoms with Crippen LogP contribution in [0.4, 0.5) is 5.69 Å². The fourth-order valence-electron chi connectivity index (χ4n) is 2.13. The fraction of sp³-hybridized carbons (Fsp3) is 0.250. The van der Waals surface area contributed by atoms with Crippen molar-refractivity contribution < 1.29 is 18.0 Å². The molecule has 0 radical (unpaired) electrons. The van der Waals surface area contributed by atoms with Crippen molar-refractivity contribution in [3.05, 3.63) is 48.8 Å². The minimum absolute atomic E-state index is 0.0386. The van der Waals surface area contributed by atoms with Crippen LogP contribution in [0.5, 0.6) is 0 Å². The van der Waals surface area contributed by atoms with Gasteiger partial charge in [0, 0.05) is 38.0 Å². The first-order valence-electron chi connectivity index (χ1n) is 7.41. The first-order chi connectivity index (χ1) is 11.4. The van der Waals surface area contributed by atoms with Crippen LogP contribution < -0.4 is 10.0 Å². The predicted octanol–water partition coefficient (Wildman–Crippen LogP) is 1.73. The standard InChI is InChI=1S/C16H19N3O4S/c1-13(20)18-24(22,23)15-8-6-14(7-9-15)17-16(21)5-4-12-19-10-2-3-11-19/h2-3,6-11H,4-5,12H2,1H3,(H,17,21)(H,18,20). The number of hydrogen-bond acceptors (Lipinski definition) is 4. The second-order valence-electron chi connectivity index (χ2n) is 5.26. The molecule has 2 amide bonds. The summed E-state index contributed by atoms with van der Waals surface area (Å²) in [6.07, 6.45) is 4.94. The van der Waals surface area contributed by atoms with Gasteiger partial charge in [0.2, 0.25) is 11.8 Å². The summed E-state index contributed by atoms with van der Waals surface area (Å²) in [4.78, 5) is 22.7. The average molecular weight is 349 g/mol. The SMILES string of the molecule is CC(=O)NS(=O)(=O)c1ccc(NC(=O)CCCn2cccc2)cc1. The van der Waals surface area contributed by atoms with E-state index in [1.54, 1.807) is 0 Å². The third-order valence-corrected chi connectivity index (χ3v) is 4.66. The Kier molecular flexibility index (Phi) is 5.75. The number of sulfonamides is 1. The molecule has 2 N–H and O–H groups in total. The molecule has 1 aromatic heterocycles. The molecule has 1 heterocycles. The Morgan fingerprint density at radius 1 is 1.08 bits per heavy atom. The molecule has 24 heavy (non-hydrogen) atoms. The number of benzene rings is 1. The molecule has 0 saturated carbocycles. The number of hydrogen-bond donors (Lipinski definition) is 2. The Morgan fingerprint density at radius 2 is 1.71 bits per heavy atom. The van der Waals surface area contributed by atoms with Crippen LogP contribution in [0, 0.1) is 0 Å². The molecule has 1 aromatic carbocycles. The zero-order chi connectivity index (χ0) is 17.6. The highest BCUT2D eigenvalue weighted by molar-refractivity contribution is 7.90. The van der Waals surface area contributed by atoms with Crippen LogP contribution >= 0.6 is 0 Å². The van der Waals surface area contributed by atoms with Gasteiger partial charge in [-0.05, 0) is 42.8 Å². The van der Waals surface area contributed by atoms with Crippen molar-refractivity contribution in [2.75, 3.05) is 5.32 Å². The molecule has 8 heteroatoms. The maximum absolute atomic E-state index is 11.9. The molecule has 128 valence electrons. The average Bonchev–Trinajstić information content (AvgIpc) is 3.00. The van der Waals surface area contributed by atoms with Crippen molar-refractivity contribution in [2.45, 2.75) is 31.2 Å². The molecule has 7 nitrogen and oxygen atoms in total. The van der Waals surface area contributed by atoms with Gasteiger partial charge in [-0.1, -0.05) is 0 Å². The van der Waals surface area contributed by atoms with Gasteiger partial charge >= 0.3 is 0 Å². The summed E-state index contributed by atoms with van der Waals surface area (Å²) in [5.74, 6) is -0.797. The number of nitrogens with one attached hydrogen (secondary N) is 2. The van der Waals surface area contributed by atoms with Crippen molar-refractivity contribution >= 4 is 27.5 Å². The maximum Gasteiger partial charge on any atom is 0.264 e. The van der Waals surface area contributed by atoms with Crippen molar-refractivity contribution in [2.24, 2.45) is 0 Å². The number of carbonyl (C=O) groups is 2. The normalized spacial score (nSPS) is 11.0. The van der Waals surface area contributed by atoms with Gasteiger partial charge in [-0.25, -0.2) is 13.1 Å². The van der Waals surface area contributed by atoms with Crippen LogP contribution in [-0.2, 0) is 26.2 Å². The molecule has 2 aromatic rings. The van der Waals surface area contributed by atoms with E-state index in [9.17, 15) is 18.0 Å². The largest absolute Gasteiger partial charge is 0.354 e. The van der Waals surface area contributed by atoms with E-state index in [0.29, 0.717) is 18.5 Å². The lowest BCUT2D eigenvalue weighted by atomic mass is 10.2. The molecular formula is C16H19N3O4S. The van der Waals surface area contributed by atoms with Gasteiger partial charge in [-0.15, -0.1) is 0 Å². The van der Waals surface area contributed by atoms with Crippen molar-refractivity contribution in [1.29, 1.82) is 0 Å². The lowest BCUT2D eigenvalue weighted by molar-refractivity contribution is -0.117. The minimum atomic E-state index is -3.86. The van der Waals surface area contributed by atoms with E-state index in [2.05, 4.69) is 5.32 Å². The first-order valence-corrected chi connectivity index (χ1v) is 8.89. The Bertz CT molecular complexity index is 796. The zero-order valence-corrected chi connectivity index (χ0v) is 14.0. The van der Waals surface area contributed by atoms with Gasteiger partial charge < -0.3 is 9.88 Å². The summed E-state index contributed by atoms with van der Waals surface area (Å²) in [6.45, 7) is 1.88. The molecule has 0 fully saturated rings. The lowest BCUT2D eigenvalue weighted by Gasteiger charge is -2.08. The monoisotopic (exact) mass is 349 g/mol. The van der Waals surface area contributed by atoms with Crippen molar-refractivity contribution in [1.82, 2.24) is 9.29 Å². The molecule has 0 aliphatic rings. The van der Waals surface area contributed by atoms with E-state index in [1.165, 1.54) is 24.3 Å². The third-order valence-electron chi connectivity index (χ3n) is 3.21. The summed E-state index contributed by atoms with van der Waals surface area (Å²) in [5.41, 5.74) is 0.503. The Balaban J connectivity index is 1.86. The summed E-state index contributed by atoms with van der Waals surface area (Å²) in [7, 11) is -3.86. The van der Waals surface area contributed by atoms with Gasteiger partial charge in [-0.2, -0.15) is 0 Å². The molecule has 0 spiro atoms. The van der Waals surface area contributed by atoms with Crippen LogP contribution in [0.15, 0.2) is 53.7 Å². The van der Waals surface area contributed by atoms with Crippen LogP contribution in [0.2, 0.25) is 0 Å². The molecule has 0 aliphatic heterocycles. The van der Waals surface area contributed by atoms with E-state index in [4.69, 9.17) is 0 Å². The van der Waals surface area contributed by atoms with Gasteiger partial charge in [0.25, 0.3) is 10.0 Å². The highest BCUT2D eigenvalue weighted by Gasteiger charge is 2.15. The summed E-state index contributed by atoms with van der Waals surface area (Å²) >= 11 is 0. The summed E-state index contributed by atoms with van der Waals surface area (Å²) < 4.78 is 27.5. The van der Waals surface area contributed by atoms with Crippen LogP contribution in [0.3, 0.4) is 0 Å². The Labute approximate surface area is 140 Å². The lowest BCUT2D eigenvalue weighted by Crippen LogP contribution is -2.28. The van der Waals surface area contributed by atoms with Gasteiger partial charge in [0.1, 0.15) is 0 Å². The number of amides is 2. The van der Waals surface area contributed by atoms with Crippen LogP contribution in [0.1, 0.15) is 19.8 Å². The molecule has 0 bridgehead atoms. The molecule has 0 aliphatic carbocycles. The predicted molar refractivity (Wildman–Crippen MR) is 89.7 cm³/mol. The summed E-state index contributed by atoms with van der Waals surface area (Å²) in [5, 5.41) is 2.71. The molecular weight excluding hydrogens is 330 g/mol. The number of carbonyl (C=O) groups excluding carboxylic acids is 2. The third kappa shape index (κ3) is 5.24. The summed E-state index contributed by atoms with van der Waals surface area (Å²) in [6, 6.07) is 9.49. The smallest absolute Gasteiger partial charge is 0.264 e. The highest BCUT2D eigenvalue weighted by atomic mass is 32.2. The van der Waals surface area contributed by atoms with E-state index < -0.39 is 15.9 Å². The quantitative estimate of drug-likeness (QED) is 0.795. The molecule has 2 rings (SSSR count). The Hall–Kier alpha value is -2.61. The van der Waals surface area contributed by atoms with E-state index >= 15 is 0 Å². The van der Waals surface area contributed by atoms with E-state index in [1.807, 2.05) is 33.8 Å². The van der Waals surface area contributed by atoms with E-state index in [0.717, 1.165) is 13.5 Å². The molecule has 0 unspecified atom stereocenters. The molecule has 0 atom stereocenters. The second kappa shape index (κ2) is 7.78. The minimum Gasteiger partial charge on any atom is -0.354 e. The number of nitrogens with zero attached hydrogens (tertiary/aromatic N) is 1. The second-order valence-corrected chi connectivity index (χ2v) is 6.94. The van der Waals surface area contributed by atoms with Crippen molar-refractivity contribution in [3.8, 4) is 0 Å². The number of aryl methyl sites for hydroxylation is 1. The number of aromatic nitrogens is 1. The van der Waals surface area contributed by atoms with Gasteiger partial charge in [0.15, 0.2) is 0 Å². The van der Waals surface area contributed by atoms with Crippen molar-refractivity contribution in [3.63, 3.8) is 0 Å². The van der Waals surface area contributed by atoms with Gasteiger partial charge in [0.05, 0.1) is 4.90 Å². The fourth-order valence-corrected chi connectivity index (χ4v) is 3.12. The highest BCUT2D eigenvalue weighted by Crippen LogP contribution is 2.14. The van der Waals surface area contributed by atoms with E-state index in [-0.39, 0.29) is 10.8 Å². The topological polar surface area (TPSA) is 97.3 Å². The zero-order valence-electron chi connectivity index (χ0n) is 13.2. The Morgan fingerprint density at radius 3 is 2.29 bits per heavy atom. The first kappa shape index (κ1) is 17.7. The van der Waals surface area contributed by atoms with Gasteiger partial charge in [-0.3, -0.25) is 9.59 Å². The molecule has 0 saturated heterocycles. The number of anilines is 1.